The minimum Gasteiger partial charge on any atom is -0.468 e. The van der Waals surface area contributed by atoms with Gasteiger partial charge in [-0.05, 0) is 31.9 Å². The number of hydrogen-bond acceptors (Lipinski definition) is 6. The van der Waals surface area contributed by atoms with Crippen LogP contribution in [0.4, 0.5) is 4.39 Å². The van der Waals surface area contributed by atoms with Crippen molar-refractivity contribution in [3.8, 4) is 5.88 Å². The highest BCUT2D eigenvalue weighted by atomic mass is 19.1. The maximum atomic E-state index is 13.9. The van der Waals surface area contributed by atoms with Crippen LogP contribution < -0.4 is 4.74 Å². The zero-order valence-corrected chi connectivity index (χ0v) is 13.7. The van der Waals surface area contributed by atoms with Gasteiger partial charge in [-0.25, -0.2) is 9.37 Å². The summed E-state index contributed by atoms with van der Waals surface area (Å²) in [5.41, 5.74) is 0.256. The Morgan fingerprint density at radius 3 is 3.12 bits per heavy atom. The summed E-state index contributed by atoms with van der Waals surface area (Å²) in [6.45, 7) is 2.61. The number of rotatable bonds is 3. The van der Waals surface area contributed by atoms with Gasteiger partial charge in [-0.1, -0.05) is 5.16 Å². The number of hydrogen-bond donors (Lipinski definition) is 0. The van der Waals surface area contributed by atoms with Crippen molar-refractivity contribution in [2.45, 2.75) is 38.0 Å². The van der Waals surface area contributed by atoms with E-state index in [0.29, 0.717) is 12.4 Å². The summed E-state index contributed by atoms with van der Waals surface area (Å²) in [5.74, 6) is -0.272. The molecule has 0 saturated carbocycles. The third-order valence-electron chi connectivity index (χ3n) is 4.57. The Hall–Kier alpha value is -2.48. The molecule has 2 fully saturated rings. The van der Waals surface area contributed by atoms with E-state index < -0.39 is 11.9 Å². The molecule has 8 heteroatoms. The van der Waals surface area contributed by atoms with E-state index in [2.05, 4.69) is 10.1 Å². The molecule has 3 atom stereocenters. The molecule has 0 N–H and O–H groups in total. The number of fused-ring (bicyclic) bond motifs is 1. The summed E-state index contributed by atoms with van der Waals surface area (Å²) >= 11 is 0. The number of aryl methyl sites for hydroxylation is 1. The predicted octanol–water partition coefficient (Wildman–Crippen LogP) is 1.97. The number of amides is 1. The van der Waals surface area contributed by atoms with Crippen LogP contribution in [0.5, 0.6) is 5.88 Å². The van der Waals surface area contributed by atoms with E-state index in [-0.39, 0.29) is 36.2 Å². The fraction of sp³-hybridized carbons (Fsp3) is 0.471. The van der Waals surface area contributed by atoms with Crippen molar-refractivity contribution in [2.75, 3.05) is 13.2 Å². The smallest absolute Gasteiger partial charge is 0.276 e. The zero-order chi connectivity index (χ0) is 17.4. The van der Waals surface area contributed by atoms with E-state index >= 15 is 0 Å². The summed E-state index contributed by atoms with van der Waals surface area (Å²) in [5, 5.41) is 3.80. The van der Waals surface area contributed by atoms with Gasteiger partial charge in [0, 0.05) is 18.9 Å². The quantitative estimate of drug-likeness (QED) is 0.845. The van der Waals surface area contributed by atoms with Crippen LogP contribution in [-0.4, -0.2) is 52.3 Å². The van der Waals surface area contributed by atoms with Gasteiger partial charge < -0.3 is 18.9 Å². The lowest BCUT2D eigenvalue weighted by molar-refractivity contribution is -0.0463. The first kappa shape index (κ1) is 16.0. The lowest BCUT2D eigenvalue weighted by Gasteiger charge is -2.31. The molecule has 132 valence electrons. The molecule has 0 aliphatic carbocycles. The van der Waals surface area contributed by atoms with Crippen molar-refractivity contribution >= 4 is 5.91 Å². The maximum Gasteiger partial charge on any atom is 0.276 e. The molecular weight excluding hydrogens is 329 g/mol. The topological polar surface area (TPSA) is 77.7 Å². The van der Waals surface area contributed by atoms with E-state index in [9.17, 15) is 9.18 Å². The van der Waals surface area contributed by atoms with Gasteiger partial charge in [0.15, 0.2) is 11.5 Å². The predicted molar refractivity (Wildman–Crippen MR) is 83.6 cm³/mol. The first-order valence-corrected chi connectivity index (χ1v) is 8.26. The number of nitrogens with zero attached hydrogens (tertiary/aromatic N) is 3. The van der Waals surface area contributed by atoms with Crippen LogP contribution in [0, 0.1) is 12.7 Å². The minimum absolute atomic E-state index is 0.0768. The Kier molecular flexibility index (Phi) is 4.12. The first-order chi connectivity index (χ1) is 12.1. The molecule has 2 saturated heterocycles. The van der Waals surface area contributed by atoms with Gasteiger partial charge in [0.2, 0.25) is 0 Å². The fourth-order valence-corrected chi connectivity index (χ4v) is 3.46. The number of ether oxygens (including phenoxy) is 2. The van der Waals surface area contributed by atoms with Gasteiger partial charge in [-0.2, -0.15) is 0 Å². The Balaban J connectivity index is 1.57. The van der Waals surface area contributed by atoms with Crippen LogP contribution in [0.2, 0.25) is 0 Å². The summed E-state index contributed by atoms with van der Waals surface area (Å²) in [6, 6.07) is 4.26. The van der Waals surface area contributed by atoms with E-state index in [1.54, 1.807) is 17.9 Å². The van der Waals surface area contributed by atoms with Crippen LogP contribution in [0.15, 0.2) is 28.9 Å². The lowest BCUT2D eigenvalue weighted by Crippen LogP contribution is -2.44. The maximum absolute atomic E-state index is 13.9. The van der Waals surface area contributed by atoms with Gasteiger partial charge in [0.25, 0.3) is 11.8 Å². The summed E-state index contributed by atoms with van der Waals surface area (Å²) in [6.07, 6.45) is 2.33. The minimum atomic E-state index is -0.535. The molecule has 2 aromatic heterocycles. The molecule has 4 heterocycles. The second-order valence-electron chi connectivity index (χ2n) is 6.27. The molecule has 0 bridgehead atoms. The second-order valence-corrected chi connectivity index (χ2v) is 6.27. The molecule has 0 radical (unpaired) electrons. The molecular formula is C17H18FN3O4. The Morgan fingerprint density at radius 2 is 2.36 bits per heavy atom. The van der Waals surface area contributed by atoms with Crippen LogP contribution in [-0.2, 0) is 4.74 Å². The molecule has 0 aromatic carbocycles. The Morgan fingerprint density at radius 1 is 1.48 bits per heavy atom. The van der Waals surface area contributed by atoms with E-state index in [1.165, 1.54) is 18.3 Å². The number of halogens is 1. The molecule has 4 rings (SSSR count). The Bertz CT molecular complexity index is 781. The van der Waals surface area contributed by atoms with Gasteiger partial charge in [0.1, 0.15) is 18.0 Å². The molecule has 2 aliphatic rings. The van der Waals surface area contributed by atoms with Crippen molar-refractivity contribution in [2.24, 2.45) is 0 Å². The summed E-state index contributed by atoms with van der Waals surface area (Å²) in [7, 11) is 0. The van der Waals surface area contributed by atoms with Crippen molar-refractivity contribution in [1.82, 2.24) is 15.0 Å². The molecule has 2 aliphatic heterocycles. The standard InChI is InChI=1S/C17H18FN3O4/c1-10-8-12(20-25-10)17(22)21-9-14(15-13(21)5-3-7-23-15)24-16-11(18)4-2-6-19-16/h2,4,6,8,13-15H,3,5,7,9H2,1H3/t13-,14+,15+/m0/s1. The number of carbonyl (C=O) groups excluding carboxylic acids is 1. The second kappa shape index (κ2) is 6.44. The molecule has 7 nitrogen and oxygen atoms in total. The van der Waals surface area contributed by atoms with Crippen molar-refractivity contribution < 1.29 is 23.2 Å². The normalized spacial score (nSPS) is 25.7. The van der Waals surface area contributed by atoms with E-state index in [1.807, 2.05) is 0 Å². The highest BCUT2D eigenvalue weighted by Gasteiger charge is 2.48. The van der Waals surface area contributed by atoms with Crippen molar-refractivity contribution in [3.05, 3.63) is 41.7 Å². The van der Waals surface area contributed by atoms with Gasteiger partial charge in [0.05, 0.1) is 12.6 Å². The monoisotopic (exact) mass is 347 g/mol. The Labute approximate surface area is 143 Å². The largest absolute Gasteiger partial charge is 0.468 e. The molecule has 0 unspecified atom stereocenters. The van der Waals surface area contributed by atoms with Gasteiger partial charge in [-0.3, -0.25) is 4.79 Å². The highest BCUT2D eigenvalue weighted by molar-refractivity contribution is 5.92. The van der Waals surface area contributed by atoms with Crippen LogP contribution in [0.3, 0.4) is 0 Å². The summed E-state index contributed by atoms with van der Waals surface area (Å²) < 4.78 is 30.4. The number of pyridine rings is 1. The van der Waals surface area contributed by atoms with Crippen LogP contribution in [0.25, 0.3) is 0 Å². The van der Waals surface area contributed by atoms with Crippen LogP contribution >= 0.6 is 0 Å². The average Bonchev–Trinajstić information content (AvgIpc) is 3.21. The van der Waals surface area contributed by atoms with Crippen molar-refractivity contribution in [3.63, 3.8) is 0 Å². The van der Waals surface area contributed by atoms with Gasteiger partial charge >= 0.3 is 0 Å². The van der Waals surface area contributed by atoms with Crippen LogP contribution in [0.1, 0.15) is 29.1 Å². The number of aromatic nitrogens is 2. The third-order valence-corrected chi connectivity index (χ3v) is 4.57. The highest BCUT2D eigenvalue weighted by Crippen LogP contribution is 2.32. The zero-order valence-electron chi connectivity index (χ0n) is 13.7. The molecule has 1 amide bonds. The molecule has 2 aromatic rings. The fourth-order valence-electron chi connectivity index (χ4n) is 3.46. The first-order valence-electron chi connectivity index (χ1n) is 8.26. The average molecular weight is 347 g/mol. The van der Waals surface area contributed by atoms with Gasteiger partial charge in [-0.15, -0.1) is 0 Å². The van der Waals surface area contributed by atoms with E-state index in [0.717, 1.165) is 12.8 Å². The van der Waals surface area contributed by atoms with Crippen molar-refractivity contribution in [1.29, 1.82) is 0 Å². The lowest BCUT2D eigenvalue weighted by atomic mass is 10.0. The molecule has 25 heavy (non-hydrogen) atoms. The van der Waals surface area contributed by atoms with E-state index in [4.69, 9.17) is 14.0 Å². The SMILES string of the molecule is Cc1cc(C(=O)N2C[C@@H](Oc3ncccc3F)[C@@H]3OCCC[C@@H]32)no1. The summed E-state index contributed by atoms with van der Waals surface area (Å²) in [4.78, 5) is 18.4. The number of likely N-dealkylation sites (tertiary alicyclic amines) is 1. The molecule has 0 spiro atoms. The third kappa shape index (κ3) is 2.97. The number of carbonyl (C=O) groups is 1.